The number of esters is 1. The first-order chi connectivity index (χ1) is 13.5. The molecule has 0 radical (unpaired) electrons. The third-order valence-corrected chi connectivity index (χ3v) is 5.11. The van der Waals surface area contributed by atoms with Crippen LogP contribution in [0.5, 0.6) is 5.75 Å². The van der Waals surface area contributed by atoms with Gasteiger partial charge in [-0.2, -0.15) is 0 Å². The van der Waals surface area contributed by atoms with E-state index < -0.39 is 12.1 Å². The molecule has 2 aromatic carbocycles. The number of benzene rings is 2. The molecule has 0 aliphatic carbocycles. The molecular weight excluding hydrogens is 358 g/mol. The van der Waals surface area contributed by atoms with Gasteiger partial charge in [0.1, 0.15) is 11.3 Å². The van der Waals surface area contributed by atoms with Crippen LogP contribution in [0.4, 0.5) is 5.69 Å². The van der Waals surface area contributed by atoms with Crippen LogP contribution in [-0.2, 0) is 16.0 Å². The molecule has 3 aromatic rings. The molecule has 0 fully saturated rings. The van der Waals surface area contributed by atoms with Crippen molar-refractivity contribution in [2.45, 2.75) is 26.4 Å². The minimum absolute atomic E-state index is 0.102. The van der Waals surface area contributed by atoms with Gasteiger partial charge in [-0.15, -0.1) is 0 Å². The Balaban J connectivity index is 1.53. The first kappa shape index (κ1) is 18.1. The van der Waals surface area contributed by atoms with Crippen molar-refractivity contribution < 1.29 is 23.5 Å². The number of rotatable bonds is 4. The lowest BCUT2D eigenvalue weighted by atomic mass is 10.1. The van der Waals surface area contributed by atoms with Gasteiger partial charge in [-0.05, 0) is 50.1 Å². The van der Waals surface area contributed by atoms with E-state index in [2.05, 4.69) is 0 Å². The summed E-state index contributed by atoms with van der Waals surface area (Å²) >= 11 is 0. The minimum atomic E-state index is -0.916. The van der Waals surface area contributed by atoms with Gasteiger partial charge in [-0.1, -0.05) is 18.2 Å². The smallest absolute Gasteiger partial charge is 0.375 e. The van der Waals surface area contributed by atoms with Crippen LogP contribution in [0.2, 0.25) is 0 Å². The van der Waals surface area contributed by atoms with E-state index in [0.717, 1.165) is 23.1 Å². The number of methoxy groups -OCH3 is 1. The highest BCUT2D eigenvalue weighted by Gasteiger charge is 2.31. The van der Waals surface area contributed by atoms with Gasteiger partial charge in [-0.25, -0.2) is 4.79 Å². The number of hydrogen-bond donors (Lipinski definition) is 0. The Morgan fingerprint density at radius 2 is 1.96 bits per heavy atom. The Morgan fingerprint density at radius 3 is 2.75 bits per heavy atom. The number of ether oxygens (including phenoxy) is 2. The zero-order valence-electron chi connectivity index (χ0n) is 16.0. The molecule has 1 aliphatic rings. The lowest BCUT2D eigenvalue weighted by Gasteiger charge is -2.21. The molecule has 6 heteroatoms. The number of nitrogens with zero attached hydrogens (tertiary/aromatic N) is 1. The Hall–Kier alpha value is -3.28. The van der Waals surface area contributed by atoms with Crippen LogP contribution in [0.1, 0.15) is 28.6 Å². The summed E-state index contributed by atoms with van der Waals surface area (Å²) in [6.07, 6.45) is -0.117. The number of carbonyl (C=O) groups is 2. The molecule has 1 aromatic heterocycles. The largest absolute Gasteiger partial charge is 0.497 e. The first-order valence-electron chi connectivity index (χ1n) is 9.17. The van der Waals surface area contributed by atoms with Crippen molar-refractivity contribution in [1.82, 2.24) is 0 Å². The molecule has 0 N–H and O–H groups in total. The maximum Gasteiger partial charge on any atom is 0.375 e. The average Bonchev–Trinajstić information content (AvgIpc) is 3.28. The molecule has 0 spiro atoms. The number of carbonyl (C=O) groups excluding carboxylic acids is 2. The maximum absolute atomic E-state index is 12.8. The molecule has 144 valence electrons. The Labute approximate surface area is 162 Å². The SMILES string of the molecule is COc1ccc2oc(C(=O)O[C@@H](C)C(=O)N3CCc4ccccc43)c(C)c2c1. The lowest BCUT2D eigenvalue weighted by molar-refractivity contribution is -0.126. The normalized spacial score (nSPS) is 14.0. The number of hydrogen-bond acceptors (Lipinski definition) is 5. The fourth-order valence-electron chi connectivity index (χ4n) is 3.57. The van der Waals surface area contributed by atoms with Crippen LogP contribution in [-0.4, -0.2) is 31.6 Å². The van der Waals surface area contributed by atoms with Crippen molar-refractivity contribution in [2.24, 2.45) is 0 Å². The summed E-state index contributed by atoms with van der Waals surface area (Å²) in [7, 11) is 1.58. The summed E-state index contributed by atoms with van der Waals surface area (Å²) in [5, 5.41) is 0.777. The van der Waals surface area contributed by atoms with Crippen molar-refractivity contribution in [3.8, 4) is 5.75 Å². The molecule has 0 saturated heterocycles. The molecule has 28 heavy (non-hydrogen) atoms. The zero-order valence-corrected chi connectivity index (χ0v) is 16.0. The summed E-state index contributed by atoms with van der Waals surface area (Å²) in [6.45, 7) is 3.96. The molecule has 1 atom stereocenters. The highest BCUT2D eigenvalue weighted by molar-refractivity contribution is 6.01. The molecule has 0 bridgehead atoms. The van der Waals surface area contributed by atoms with Gasteiger partial charge in [0, 0.05) is 23.2 Å². The van der Waals surface area contributed by atoms with Gasteiger partial charge in [0.25, 0.3) is 5.91 Å². The van der Waals surface area contributed by atoms with Crippen molar-refractivity contribution >= 4 is 28.5 Å². The fourth-order valence-corrected chi connectivity index (χ4v) is 3.57. The zero-order chi connectivity index (χ0) is 19.8. The van der Waals surface area contributed by atoms with Crippen LogP contribution in [0.25, 0.3) is 11.0 Å². The van der Waals surface area contributed by atoms with E-state index in [4.69, 9.17) is 13.9 Å². The second kappa shape index (κ2) is 7.03. The maximum atomic E-state index is 12.8. The second-order valence-corrected chi connectivity index (χ2v) is 6.83. The number of amides is 1. The number of fused-ring (bicyclic) bond motifs is 2. The Bertz CT molecular complexity index is 1070. The summed E-state index contributed by atoms with van der Waals surface area (Å²) in [4.78, 5) is 27.1. The van der Waals surface area contributed by atoms with E-state index in [1.54, 1.807) is 44.1 Å². The average molecular weight is 379 g/mol. The molecule has 2 heterocycles. The van der Waals surface area contributed by atoms with Crippen molar-refractivity contribution in [1.29, 1.82) is 0 Å². The lowest BCUT2D eigenvalue weighted by Crippen LogP contribution is -2.39. The molecule has 0 saturated carbocycles. The van der Waals surface area contributed by atoms with E-state index in [-0.39, 0.29) is 11.7 Å². The highest BCUT2D eigenvalue weighted by atomic mass is 16.6. The Morgan fingerprint density at radius 1 is 1.18 bits per heavy atom. The van der Waals surface area contributed by atoms with E-state index in [1.807, 2.05) is 24.3 Å². The summed E-state index contributed by atoms with van der Waals surface area (Å²) in [5.74, 6) is -0.119. The Kier molecular flexibility index (Phi) is 4.55. The van der Waals surface area contributed by atoms with Crippen molar-refractivity contribution in [3.63, 3.8) is 0 Å². The molecule has 6 nitrogen and oxygen atoms in total. The highest BCUT2D eigenvalue weighted by Crippen LogP contribution is 2.30. The first-order valence-corrected chi connectivity index (χ1v) is 9.17. The van der Waals surface area contributed by atoms with Crippen LogP contribution in [0.3, 0.4) is 0 Å². The fraction of sp³-hybridized carbons (Fsp3) is 0.273. The standard InChI is InChI=1S/C22H21NO5/c1-13-17-12-16(26-3)8-9-19(17)28-20(13)22(25)27-14(2)21(24)23-11-10-15-6-4-5-7-18(15)23/h4-9,12,14H,10-11H2,1-3H3/t14-/m0/s1. The molecular formula is C22H21NO5. The van der Waals surface area contributed by atoms with Crippen LogP contribution in [0.15, 0.2) is 46.9 Å². The van der Waals surface area contributed by atoms with E-state index in [9.17, 15) is 9.59 Å². The number of furan rings is 1. The summed E-state index contributed by atoms with van der Waals surface area (Å²) in [5.41, 5.74) is 3.22. The van der Waals surface area contributed by atoms with Gasteiger partial charge in [0.2, 0.25) is 5.76 Å². The number of anilines is 1. The minimum Gasteiger partial charge on any atom is -0.497 e. The van der Waals surface area contributed by atoms with Crippen LogP contribution in [0, 0.1) is 6.92 Å². The van der Waals surface area contributed by atoms with Crippen molar-refractivity contribution in [3.05, 3.63) is 59.4 Å². The van der Waals surface area contributed by atoms with Gasteiger partial charge in [-0.3, -0.25) is 4.79 Å². The predicted molar refractivity (Wildman–Crippen MR) is 105 cm³/mol. The topological polar surface area (TPSA) is 69.0 Å². The monoisotopic (exact) mass is 379 g/mol. The van der Waals surface area contributed by atoms with E-state index in [1.165, 1.54) is 0 Å². The summed E-state index contributed by atoms with van der Waals surface area (Å²) in [6, 6.07) is 13.1. The number of para-hydroxylation sites is 1. The molecule has 0 unspecified atom stereocenters. The molecule has 1 aliphatic heterocycles. The quantitative estimate of drug-likeness (QED) is 0.644. The van der Waals surface area contributed by atoms with Gasteiger partial charge in [0.15, 0.2) is 6.10 Å². The van der Waals surface area contributed by atoms with Gasteiger partial charge >= 0.3 is 5.97 Å². The van der Waals surface area contributed by atoms with Crippen molar-refractivity contribution in [2.75, 3.05) is 18.6 Å². The second-order valence-electron chi connectivity index (χ2n) is 6.83. The van der Waals surface area contributed by atoms with Gasteiger partial charge in [0.05, 0.1) is 7.11 Å². The summed E-state index contributed by atoms with van der Waals surface area (Å²) < 4.78 is 16.3. The predicted octanol–water partition coefficient (Wildman–Crippen LogP) is 3.88. The van der Waals surface area contributed by atoms with Crippen LogP contribution < -0.4 is 9.64 Å². The molecule has 1 amide bonds. The number of aryl methyl sites for hydroxylation is 1. The van der Waals surface area contributed by atoms with Gasteiger partial charge < -0.3 is 18.8 Å². The van der Waals surface area contributed by atoms with E-state index >= 15 is 0 Å². The molecule has 4 rings (SSSR count). The third kappa shape index (κ3) is 3.01. The third-order valence-electron chi connectivity index (χ3n) is 5.11. The van der Waals surface area contributed by atoms with Crippen LogP contribution >= 0.6 is 0 Å². The van der Waals surface area contributed by atoms with E-state index in [0.29, 0.717) is 23.4 Å².